The lowest BCUT2D eigenvalue weighted by Gasteiger charge is -2.04. The van der Waals surface area contributed by atoms with E-state index in [0.717, 1.165) is 30.6 Å². The number of aliphatic hydroxyl groups is 1. The molecule has 1 N–H and O–H groups in total. The summed E-state index contributed by atoms with van der Waals surface area (Å²) in [6, 6.07) is 7.54. The van der Waals surface area contributed by atoms with Crippen molar-refractivity contribution in [1.29, 1.82) is 0 Å². The van der Waals surface area contributed by atoms with E-state index in [1.165, 1.54) is 0 Å². The van der Waals surface area contributed by atoms with Crippen LogP contribution in [0.4, 0.5) is 0 Å². The second-order valence-corrected chi connectivity index (χ2v) is 4.07. The first-order valence-electron chi connectivity index (χ1n) is 6.22. The number of hydrogen-bond donors (Lipinski definition) is 1. The second kappa shape index (κ2) is 8.48. The molecule has 1 aliphatic rings. The Labute approximate surface area is 108 Å². The average molecular weight is 248 g/mol. The standard InChI is InChI=1S/C11H14O2.C4H6O/c1-9(13)11-7-3-2-5-10(11)6-4-8-12;1-2-4-5-3-1/h2-3,5,7,12H,4,6,8H2,1H3;1,3H,2,4H2. The molecule has 0 saturated heterocycles. The molecule has 0 atom stereocenters. The Balaban J connectivity index is 0.000000269. The summed E-state index contributed by atoms with van der Waals surface area (Å²) >= 11 is 0. The Morgan fingerprint density at radius 3 is 2.67 bits per heavy atom. The number of carbonyl (C=O) groups excluding carboxylic acids is 1. The van der Waals surface area contributed by atoms with E-state index >= 15 is 0 Å². The first-order chi connectivity index (χ1) is 8.75. The lowest BCUT2D eigenvalue weighted by molar-refractivity contribution is 0.101. The summed E-state index contributed by atoms with van der Waals surface area (Å²) in [6.07, 6.45) is 6.33. The molecule has 0 amide bonds. The molecule has 0 fully saturated rings. The highest BCUT2D eigenvalue weighted by atomic mass is 16.5. The first-order valence-corrected chi connectivity index (χ1v) is 6.22. The predicted molar refractivity (Wildman–Crippen MR) is 71.6 cm³/mol. The lowest BCUT2D eigenvalue weighted by atomic mass is 10.0. The van der Waals surface area contributed by atoms with Crippen molar-refractivity contribution in [3.8, 4) is 0 Å². The van der Waals surface area contributed by atoms with Crippen LogP contribution < -0.4 is 0 Å². The Kier molecular flexibility index (Phi) is 6.81. The molecule has 98 valence electrons. The van der Waals surface area contributed by atoms with Gasteiger partial charge in [-0.15, -0.1) is 0 Å². The molecule has 3 heteroatoms. The van der Waals surface area contributed by atoms with Crippen molar-refractivity contribution in [2.24, 2.45) is 0 Å². The van der Waals surface area contributed by atoms with E-state index in [-0.39, 0.29) is 12.4 Å². The van der Waals surface area contributed by atoms with Crippen LogP contribution in [0, 0.1) is 0 Å². The van der Waals surface area contributed by atoms with Gasteiger partial charge in [0.2, 0.25) is 0 Å². The molecule has 0 bridgehead atoms. The van der Waals surface area contributed by atoms with Gasteiger partial charge in [-0.3, -0.25) is 4.79 Å². The zero-order valence-electron chi connectivity index (χ0n) is 10.8. The van der Waals surface area contributed by atoms with Gasteiger partial charge in [-0.2, -0.15) is 0 Å². The van der Waals surface area contributed by atoms with Gasteiger partial charge in [0.1, 0.15) is 0 Å². The monoisotopic (exact) mass is 248 g/mol. The third kappa shape index (κ3) is 5.15. The van der Waals surface area contributed by atoms with E-state index in [2.05, 4.69) is 0 Å². The minimum atomic E-state index is 0.0912. The molecule has 2 rings (SSSR count). The average Bonchev–Trinajstić information content (AvgIpc) is 2.95. The van der Waals surface area contributed by atoms with Crippen LogP contribution in [0.25, 0.3) is 0 Å². The molecule has 3 nitrogen and oxygen atoms in total. The lowest BCUT2D eigenvalue weighted by Crippen LogP contribution is -2.00. The third-order valence-electron chi connectivity index (χ3n) is 2.60. The van der Waals surface area contributed by atoms with Crippen molar-refractivity contribution in [3.63, 3.8) is 0 Å². The Morgan fingerprint density at radius 2 is 2.17 bits per heavy atom. The minimum absolute atomic E-state index is 0.0912. The van der Waals surface area contributed by atoms with Gasteiger partial charge in [0, 0.05) is 18.6 Å². The third-order valence-corrected chi connectivity index (χ3v) is 2.60. The number of aliphatic hydroxyl groups excluding tert-OH is 1. The highest BCUT2D eigenvalue weighted by Crippen LogP contribution is 2.11. The summed E-state index contributed by atoms with van der Waals surface area (Å²) in [5.41, 5.74) is 1.81. The number of hydrogen-bond acceptors (Lipinski definition) is 3. The maximum absolute atomic E-state index is 11.2. The van der Waals surface area contributed by atoms with Crippen LogP contribution in [-0.2, 0) is 11.2 Å². The molecular formula is C15H20O3. The van der Waals surface area contributed by atoms with Crippen molar-refractivity contribution in [1.82, 2.24) is 0 Å². The minimum Gasteiger partial charge on any atom is -0.501 e. The number of aryl methyl sites for hydroxylation is 1. The van der Waals surface area contributed by atoms with Crippen LogP contribution >= 0.6 is 0 Å². The largest absolute Gasteiger partial charge is 0.501 e. The van der Waals surface area contributed by atoms with E-state index in [9.17, 15) is 4.79 Å². The van der Waals surface area contributed by atoms with Gasteiger partial charge in [-0.25, -0.2) is 0 Å². The molecule has 0 aliphatic carbocycles. The molecule has 1 aliphatic heterocycles. The van der Waals surface area contributed by atoms with Crippen LogP contribution in [0.15, 0.2) is 36.6 Å². The van der Waals surface area contributed by atoms with Crippen molar-refractivity contribution in [2.45, 2.75) is 26.2 Å². The molecule has 0 unspecified atom stereocenters. The molecular weight excluding hydrogens is 228 g/mol. The molecule has 1 aromatic carbocycles. The van der Waals surface area contributed by atoms with E-state index in [0.29, 0.717) is 6.42 Å². The number of ketones is 1. The van der Waals surface area contributed by atoms with Crippen LogP contribution in [0.2, 0.25) is 0 Å². The number of Topliss-reactive ketones (excluding diaryl/α,β-unsaturated/α-hetero) is 1. The van der Waals surface area contributed by atoms with Gasteiger partial charge < -0.3 is 9.84 Å². The summed E-state index contributed by atoms with van der Waals surface area (Å²) in [7, 11) is 0. The molecule has 0 radical (unpaired) electrons. The molecule has 0 spiro atoms. The van der Waals surface area contributed by atoms with Crippen molar-refractivity contribution < 1.29 is 14.6 Å². The van der Waals surface area contributed by atoms with Gasteiger partial charge >= 0.3 is 0 Å². The van der Waals surface area contributed by atoms with Gasteiger partial charge in [0.25, 0.3) is 0 Å². The van der Waals surface area contributed by atoms with Crippen LogP contribution in [0.3, 0.4) is 0 Å². The highest BCUT2D eigenvalue weighted by molar-refractivity contribution is 5.95. The topological polar surface area (TPSA) is 46.5 Å². The molecule has 0 aromatic heterocycles. The van der Waals surface area contributed by atoms with E-state index < -0.39 is 0 Å². The zero-order valence-corrected chi connectivity index (χ0v) is 10.8. The normalized spacial score (nSPS) is 12.6. The van der Waals surface area contributed by atoms with Crippen molar-refractivity contribution >= 4 is 5.78 Å². The first kappa shape index (κ1) is 14.5. The van der Waals surface area contributed by atoms with Gasteiger partial charge in [0.15, 0.2) is 5.78 Å². The SMILES string of the molecule is C1=COCC1.CC(=O)c1ccccc1CCCO. The van der Waals surface area contributed by atoms with Crippen LogP contribution in [0.5, 0.6) is 0 Å². The Hall–Kier alpha value is -1.61. The van der Waals surface area contributed by atoms with Crippen LogP contribution in [0.1, 0.15) is 35.7 Å². The summed E-state index contributed by atoms with van der Waals surface area (Å²) in [5.74, 6) is 0.0912. The summed E-state index contributed by atoms with van der Waals surface area (Å²) < 4.78 is 4.76. The molecule has 0 saturated carbocycles. The zero-order chi connectivity index (χ0) is 13.2. The van der Waals surface area contributed by atoms with E-state index in [1.54, 1.807) is 13.2 Å². The molecule has 1 aromatic rings. The predicted octanol–water partition coefficient (Wildman–Crippen LogP) is 2.73. The smallest absolute Gasteiger partial charge is 0.160 e. The van der Waals surface area contributed by atoms with Gasteiger partial charge in [-0.05, 0) is 31.4 Å². The Bertz CT molecular complexity index is 390. The van der Waals surface area contributed by atoms with E-state index in [4.69, 9.17) is 9.84 Å². The van der Waals surface area contributed by atoms with Crippen LogP contribution in [-0.4, -0.2) is 24.1 Å². The Morgan fingerprint density at radius 1 is 1.39 bits per heavy atom. The maximum Gasteiger partial charge on any atom is 0.160 e. The number of ether oxygens (including phenoxy) is 1. The maximum atomic E-state index is 11.2. The van der Waals surface area contributed by atoms with Crippen molar-refractivity contribution in [2.75, 3.05) is 13.2 Å². The fourth-order valence-electron chi connectivity index (χ4n) is 1.69. The van der Waals surface area contributed by atoms with Gasteiger partial charge in [-0.1, -0.05) is 24.3 Å². The molecule has 18 heavy (non-hydrogen) atoms. The fourth-order valence-corrected chi connectivity index (χ4v) is 1.69. The number of benzene rings is 1. The van der Waals surface area contributed by atoms with Crippen molar-refractivity contribution in [3.05, 3.63) is 47.7 Å². The summed E-state index contributed by atoms with van der Waals surface area (Å²) in [4.78, 5) is 11.2. The number of carbonyl (C=O) groups is 1. The highest BCUT2D eigenvalue weighted by Gasteiger charge is 2.04. The van der Waals surface area contributed by atoms with Gasteiger partial charge in [0.05, 0.1) is 12.9 Å². The second-order valence-electron chi connectivity index (χ2n) is 4.07. The quantitative estimate of drug-likeness (QED) is 0.833. The van der Waals surface area contributed by atoms with E-state index in [1.807, 2.05) is 30.3 Å². The fraction of sp³-hybridized carbons (Fsp3) is 0.400. The number of rotatable bonds is 4. The summed E-state index contributed by atoms with van der Waals surface area (Å²) in [6.45, 7) is 2.63. The molecule has 1 heterocycles. The summed E-state index contributed by atoms with van der Waals surface area (Å²) in [5, 5.41) is 8.67.